The Morgan fingerprint density at radius 1 is 1.29 bits per heavy atom. The van der Waals surface area contributed by atoms with Gasteiger partial charge in [0, 0.05) is 17.0 Å². The Bertz CT molecular complexity index is 627. The Morgan fingerprint density at radius 2 is 2.00 bits per heavy atom. The number of halogens is 1. The van der Waals surface area contributed by atoms with Crippen LogP contribution in [-0.4, -0.2) is 20.9 Å². The number of nitrogens with zero attached hydrogens (tertiary/aromatic N) is 2. The molecule has 0 radical (unpaired) electrons. The minimum absolute atomic E-state index is 0.157. The maximum Gasteiger partial charge on any atom is 0.238 e. The highest BCUT2D eigenvalue weighted by atomic mass is 32.2. The summed E-state index contributed by atoms with van der Waals surface area (Å²) in [6.07, 6.45) is 1.64. The highest BCUT2D eigenvalue weighted by molar-refractivity contribution is 8.00. The summed E-state index contributed by atoms with van der Waals surface area (Å²) in [5.41, 5.74) is 0. The maximum absolute atomic E-state index is 13.6. The molecule has 6 heteroatoms. The van der Waals surface area contributed by atoms with Gasteiger partial charge in [-0.1, -0.05) is 12.1 Å². The van der Waals surface area contributed by atoms with Crippen molar-refractivity contribution >= 4 is 23.5 Å². The molecule has 0 aliphatic carbocycles. The first kappa shape index (κ1) is 15.6. The number of anilines is 1. The van der Waals surface area contributed by atoms with Gasteiger partial charge in [-0.25, -0.2) is 9.07 Å². The average molecular weight is 307 g/mol. The molecule has 2 aromatic rings. The standard InChI is InChI=1S/C15H18FN3OS/c1-10(2)19-14(8-9-17-19)18-15(20)11(3)21-13-7-5-4-6-12(13)16/h4-11H,1-3H3,(H,18,20). The number of carbonyl (C=O) groups excluding carboxylic acids is 1. The van der Waals surface area contributed by atoms with Crippen LogP contribution in [0.25, 0.3) is 0 Å². The summed E-state index contributed by atoms with van der Waals surface area (Å²) in [5.74, 6) is 0.163. The molecule has 1 aromatic carbocycles. The van der Waals surface area contributed by atoms with E-state index in [2.05, 4.69) is 10.4 Å². The third kappa shape index (κ3) is 3.85. The van der Waals surface area contributed by atoms with Crippen LogP contribution in [0.5, 0.6) is 0 Å². The van der Waals surface area contributed by atoms with Crippen molar-refractivity contribution in [3.8, 4) is 0 Å². The fourth-order valence-corrected chi connectivity index (χ4v) is 2.72. The third-order valence-corrected chi connectivity index (χ3v) is 4.07. The molecule has 0 saturated carbocycles. The van der Waals surface area contributed by atoms with Gasteiger partial charge < -0.3 is 5.32 Å². The zero-order chi connectivity index (χ0) is 15.4. The van der Waals surface area contributed by atoms with E-state index in [0.29, 0.717) is 10.7 Å². The predicted octanol–water partition coefficient (Wildman–Crippen LogP) is 3.72. The van der Waals surface area contributed by atoms with Crippen LogP contribution < -0.4 is 5.32 Å². The second-order valence-electron chi connectivity index (χ2n) is 4.93. The average Bonchev–Trinajstić information content (AvgIpc) is 2.89. The van der Waals surface area contributed by atoms with Crippen LogP contribution in [-0.2, 0) is 4.79 Å². The van der Waals surface area contributed by atoms with Crippen LogP contribution in [0.4, 0.5) is 10.2 Å². The normalized spacial score (nSPS) is 12.4. The van der Waals surface area contributed by atoms with Crippen LogP contribution in [0.15, 0.2) is 41.4 Å². The number of rotatable bonds is 5. The SMILES string of the molecule is CC(Sc1ccccc1F)C(=O)Nc1ccnn1C(C)C. The Balaban J connectivity index is 2.03. The third-order valence-electron chi connectivity index (χ3n) is 2.92. The molecule has 0 aliphatic heterocycles. The molecule has 0 saturated heterocycles. The number of benzene rings is 1. The van der Waals surface area contributed by atoms with E-state index < -0.39 is 5.25 Å². The number of aromatic nitrogens is 2. The van der Waals surface area contributed by atoms with E-state index in [1.807, 2.05) is 13.8 Å². The molecule has 112 valence electrons. The molecule has 2 rings (SSSR count). The van der Waals surface area contributed by atoms with Crippen LogP contribution in [0, 0.1) is 5.82 Å². The molecular weight excluding hydrogens is 289 g/mol. The van der Waals surface area contributed by atoms with E-state index in [9.17, 15) is 9.18 Å². The van der Waals surface area contributed by atoms with Crippen molar-refractivity contribution in [2.45, 2.75) is 37.0 Å². The van der Waals surface area contributed by atoms with Crippen molar-refractivity contribution < 1.29 is 9.18 Å². The van der Waals surface area contributed by atoms with E-state index in [-0.39, 0.29) is 17.8 Å². The maximum atomic E-state index is 13.6. The Labute approximate surface area is 127 Å². The van der Waals surface area contributed by atoms with E-state index in [0.717, 1.165) is 0 Å². The summed E-state index contributed by atoms with van der Waals surface area (Å²) < 4.78 is 15.3. The summed E-state index contributed by atoms with van der Waals surface area (Å²) in [7, 11) is 0. The largest absolute Gasteiger partial charge is 0.310 e. The summed E-state index contributed by atoms with van der Waals surface area (Å²) >= 11 is 1.20. The van der Waals surface area contributed by atoms with Gasteiger partial charge in [-0.3, -0.25) is 4.79 Å². The second-order valence-corrected chi connectivity index (χ2v) is 6.32. The molecule has 0 bridgehead atoms. The fourth-order valence-electron chi connectivity index (χ4n) is 1.84. The van der Waals surface area contributed by atoms with Crippen LogP contribution in [0.1, 0.15) is 26.8 Å². The molecule has 1 atom stereocenters. The number of carbonyl (C=O) groups is 1. The smallest absolute Gasteiger partial charge is 0.238 e. The van der Waals surface area contributed by atoms with Gasteiger partial charge in [-0.15, -0.1) is 11.8 Å². The molecule has 1 amide bonds. The van der Waals surface area contributed by atoms with Gasteiger partial charge in [0.15, 0.2) is 0 Å². The zero-order valence-electron chi connectivity index (χ0n) is 12.2. The Kier molecular flexibility index (Phi) is 5.01. The van der Waals surface area contributed by atoms with Crippen molar-refractivity contribution in [2.75, 3.05) is 5.32 Å². The van der Waals surface area contributed by atoms with Crippen LogP contribution in [0.3, 0.4) is 0 Å². The first-order chi connectivity index (χ1) is 9.99. The Hall–Kier alpha value is -1.82. The molecule has 1 unspecified atom stereocenters. The van der Waals surface area contributed by atoms with Crippen molar-refractivity contribution in [3.05, 3.63) is 42.3 Å². The van der Waals surface area contributed by atoms with Gasteiger partial charge in [-0.05, 0) is 32.9 Å². The van der Waals surface area contributed by atoms with Gasteiger partial charge in [0.05, 0.1) is 11.4 Å². The molecule has 1 aromatic heterocycles. The molecule has 21 heavy (non-hydrogen) atoms. The molecule has 0 aliphatic rings. The lowest BCUT2D eigenvalue weighted by molar-refractivity contribution is -0.115. The minimum atomic E-state index is -0.405. The van der Waals surface area contributed by atoms with Gasteiger partial charge in [0.25, 0.3) is 0 Å². The molecule has 4 nitrogen and oxygen atoms in total. The van der Waals surface area contributed by atoms with E-state index in [4.69, 9.17) is 0 Å². The summed E-state index contributed by atoms with van der Waals surface area (Å²) in [4.78, 5) is 12.7. The lowest BCUT2D eigenvalue weighted by atomic mass is 10.3. The molecule has 1 heterocycles. The van der Waals surface area contributed by atoms with Crippen molar-refractivity contribution in [1.82, 2.24) is 9.78 Å². The van der Waals surface area contributed by atoms with Crippen LogP contribution in [0.2, 0.25) is 0 Å². The zero-order valence-corrected chi connectivity index (χ0v) is 13.0. The van der Waals surface area contributed by atoms with Gasteiger partial charge >= 0.3 is 0 Å². The molecule has 1 N–H and O–H groups in total. The van der Waals surface area contributed by atoms with Crippen LogP contribution >= 0.6 is 11.8 Å². The van der Waals surface area contributed by atoms with Crippen molar-refractivity contribution in [3.63, 3.8) is 0 Å². The fraction of sp³-hybridized carbons (Fsp3) is 0.333. The van der Waals surface area contributed by atoms with Crippen molar-refractivity contribution in [1.29, 1.82) is 0 Å². The number of hydrogen-bond donors (Lipinski definition) is 1. The van der Waals surface area contributed by atoms with E-state index in [1.54, 1.807) is 42.1 Å². The summed E-state index contributed by atoms with van der Waals surface area (Å²) in [5, 5.41) is 6.59. The van der Waals surface area contributed by atoms with E-state index >= 15 is 0 Å². The minimum Gasteiger partial charge on any atom is -0.310 e. The highest BCUT2D eigenvalue weighted by Crippen LogP contribution is 2.26. The first-order valence-electron chi connectivity index (χ1n) is 6.74. The lowest BCUT2D eigenvalue weighted by Crippen LogP contribution is -2.24. The highest BCUT2D eigenvalue weighted by Gasteiger charge is 2.18. The summed E-state index contributed by atoms with van der Waals surface area (Å²) in [6.45, 7) is 5.73. The quantitative estimate of drug-likeness (QED) is 0.856. The van der Waals surface area contributed by atoms with Gasteiger partial charge in [0.2, 0.25) is 5.91 Å². The first-order valence-corrected chi connectivity index (χ1v) is 7.62. The van der Waals surface area contributed by atoms with Gasteiger partial charge in [-0.2, -0.15) is 5.10 Å². The lowest BCUT2D eigenvalue weighted by Gasteiger charge is -2.15. The van der Waals surface area contributed by atoms with Crippen molar-refractivity contribution in [2.24, 2.45) is 0 Å². The Morgan fingerprint density at radius 3 is 2.67 bits per heavy atom. The number of amides is 1. The van der Waals surface area contributed by atoms with E-state index in [1.165, 1.54) is 17.8 Å². The second kappa shape index (κ2) is 6.76. The number of nitrogens with one attached hydrogen (secondary N) is 1. The molecule has 0 spiro atoms. The predicted molar refractivity (Wildman–Crippen MR) is 83.0 cm³/mol. The topological polar surface area (TPSA) is 46.9 Å². The molecular formula is C15H18FN3OS. The monoisotopic (exact) mass is 307 g/mol. The number of hydrogen-bond acceptors (Lipinski definition) is 3. The summed E-state index contributed by atoms with van der Waals surface area (Å²) in [6, 6.07) is 8.35. The van der Waals surface area contributed by atoms with Gasteiger partial charge in [0.1, 0.15) is 11.6 Å². The molecule has 0 fully saturated rings. The number of thioether (sulfide) groups is 1.